The van der Waals surface area contributed by atoms with Crippen LogP contribution in [0.5, 0.6) is 0 Å². The number of hydrogen-bond donors (Lipinski definition) is 1. The van der Waals surface area contributed by atoms with E-state index in [9.17, 15) is 16.8 Å². The highest BCUT2D eigenvalue weighted by atomic mass is 35.5. The molecule has 1 aromatic carbocycles. The molecule has 10 heteroatoms. The minimum atomic E-state index is -3.87. The van der Waals surface area contributed by atoms with Gasteiger partial charge in [0.2, 0.25) is 0 Å². The maximum Gasteiger partial charge on any atom is 0.265 e. The third kappa shape index (κ3) is 3.60. The quantitative estimate of drug-likeness (QED) is 0.824. The maximum absolute atomic E-state index is 12.9. The summed E-state index contributed by atoms with van der Waals surface area (Å²) in [6.07, 6.45) is 0.438. The van der Waals surface area contributed by atoms with E-state index >= 15 is 0 Å². The number of aromatic nitrogens is 2. The van der Waals surface area contributed by atoms with Crippen LogP contribution in [0.1, 0.15) is 29.4 Å². The number of rotatable bonds is 4. The lowest BCUT2D eigenvalue weighted by molar-refractivity contribution is 0.484. The lowest BCUT2D eigenvalue weighted by atomic mass is 10.2. The molecule has 3 rings (SSSR count). The minimum absolute atomic E-state index is 0.0157. The number of halogens is 1. The number of hydrogen-bond acceptors (Lipinski definition) is 5. The lowest BCUT2D eigenvalue weighted by Crippen LogP contribution is -2.17. The van der Waals surface area contributed by atoms with Gasteiger partial charge in [-0.05, 0) is 51.0 Å². The van der Waals surface area contributed by atoms with E-state index in [0.717, 1.165) is 0 Å². The van der Waals surface area contributed by atoms with Crippen molar-refractivity contribution in [2.75, 3.05) is 16.2 Å². The van der Waals surface area contributed by atoms with Gasteiger partial charge >= 0.3 is 0 Å². The maximum atomic E-state index is 12.9. The van der Waals surface area contributed by atoms with Gasteiger partial charge in [-0.2, -0.15) is 5.10 Å². The van der Waals surface area contributed by atoms with E-state index in [2.05, 4.69) is 9.82 Å². The molecule has 7 nitrogen and oxygen atoms in total. The van der Waals surface area contributed by atoms with Gasteiger partial charge in [0.05, 0.1) is 34.6 Å². The zero-order valence-electron chi connectivity index (χ0n) is 14.7. The first-order chi connectivity index (χ1) is 12.0. The Hall–Kier alpha value is -1.58. The van der Waals surface area contributed by atoms with Crippen molar-refractivity contribution in [1.29, 1.82) is 0 Å². The van der Waals surface area contributed by atoms with Crippen molar-refractivity contribution in [1.82, 2.24) is 9.78 Å². The van der Waals surface area contributed by atoms with Crippen molar-refractivity contribution in [2.45, 2.75) is 38.1 Å². The van der Waals surface area contributed by atoms with Crippen LogP contribution >= 0.6 is 11.6 Å². The highest BCUT2D eigenvalue weighted by Gasteiger charge is 2.33. The summed E-state index contributed by atoms with van der Waals surface area (Å²) in [6, 6.07) is 4.55. The fourth-order valence-electron chi connectivity index (χ4n) is 3.30. The Morgan fingerprint density at radius 2 is 1.96 bits per heavy atom. The molecule has 1 aromatic heterocycles. The van der Waals surface area contributed by atoms with Crippen LogP contribution in [0, 0.1) is 20.8 Å². The van der Waals surface area contributed by atoms with Gasteiger partial charge in [-0.3, -0.25) is 9.40 Å². The molecule has 26 heavy (non-hydrogen) atoms. The van der Waals surface area contributed by atoms with Gasteiger partial charge in [-0.1, -0.05) is 11.6 Å². The molecule has 0 spiro atoms. The van der Waals surface area contributed by atoms with E-state index in [-0.39, 0.29) is 22.4 Å². The number of benzene rings is 1. The predicted molar refractivity (Wildman–Crippen MR) is 101 cm³/mol. The van der Waals surface area contributed by atoms with Crippen LogP contribution in [0.2, 0.25) is 5.02 Å². The topological polar surface area (TPSA) is 98.1 Å². The third-order valence-electron chi connectivity index (χ3n) is 4.51. The summed E-state index contributed by atoms with van der Waals surface area (Å²) in [5, 5.41) is 4.84. The Morgan fingerprint density at radius 3 is 2.54 bits per heavy atom. The summed E-state index contributed by atoms with van der Waals surface area (Å²) in [5.41, 5.74) is 1.91. The van der Waals surface area contributed by atoms with Crippen LogP contribution in [-0.4, -0.2) is 38.1 Å². The highest BCUT2D eigenvalue weighted by Crippen LogP contribution is 2.30. The van der Waals surface area contributed by atoms with Crippen LogP contribution in [0.3, 0.4) is 0 Å². The molecule has 142 valence electrons. The van der Waals surface area contributed by atoms with Crippen molar-refractivity contribution in [3.8, 4) is 0 Å². The van der Waals surface area contributed by atoms with Gasteiger partial charge in [0, 0.05) is 5.02 Å². The summed E-state index contributed by atoms with van der Waals surface area (Å²) >= 11 is 5.92. The van der Waals surface area contributed by atoms with Gasteiger partial charge in [-0.25, -0.2) is 16.8 Å². The molecule has 2 heterocycles. The van der Waals surface area contributed by atoms with Crippen LogP contribution in [0.4, 0.5) is 5.69 Å². The number of sulfonamides is 1. The summed E-state index contributed by atoms with van der Waals surface area (Å²) in [4.78, 5) is 0.0798. The molecule has 0 unspecified atom stereocenters. The predicted octanol–water partition coefficient (Wildman–Crippen LogP) is 2.62. The first-order valence-corrected chi connectivity index (χ1v) is 11.7. The van der Waals surface area contributed by atoms with Gasteiger partial charge in [0.15, 0.2) is 9.84 Å². The summed E-state index contributed by atoms with van der Waals surface area (Å²) in [6.45, 7) is 5.01. The Kier molecular flexibility index (Phi) is 4.83. The van der Waals surface area contributed by atoms with E-state index in [1.165, 1.54) is 4.68 Å². The largest absolute Gasteiger partial charge is 0.279 e. The van der Waals surface area contributed by atoms with Gasteiger partial charge in [-0.15, -0.1) is 0 Å². The molecule has 1 aliphatic heterocycles. The van der Waals surface area contributed by atoms with Gasteiger partial charge in [0.1, 0.15) is 4.90 Å². The zero-order valence-corrected chi connectivity index (χ0v) is 17.0. The average Bonchev–Trinajstić information content (AvgIpc) is 3.01. The van der Waals surface area contributed by atoms with Crippen molar-refractivity contribution in [3.05, 3.63) is 40.2 Å². The molecule has 0 amide bonds. The number of nitrogens with zero attached hydrogens (tertiary/aromatic N) is 2. The smallest absolute Gasteiger partial charge is 0.265 e. The molecule has 0 aliphatic carbocycles. The molecule has 0 saturated carbocycles. The van der Waals surface area contributed by atoms with E-state index in [1.807, 2.05) is 0 Å². The Bertz CT molecular complexity index is 1080. The van der Waals surface area contributed by atoms with E-state index < -0.39 is 19.9 Å². The second-order valence-electron chi connectivity index (χ2n) is 6.57. The van der Waals surface area contributed by atoms with E-state index in [1.54, 1.807) is 39.0 Å². The van der Waals surface area contributed by atoms with Crippen molar-refractivity contribution in [3.63, 3.8) is 0 Å². The molecular formula is C16H20ClN3O4S2. The van der Waals surface area contributed by atoms with Crippen LogP contribution in [0.15, 0.2) is 23.1 Å². The van der Waals surface area contributed by atoms with Crippen molar-refractivity contribution >= 4 is 37.1 Å². The Morgan fingerprint density at radius 1 is 1.27 bits per heavy atom. The second-order valence-corrected chi connectivity index (χ2v) is 10.9. The van der Waals surface area contributed by atoms with Crippen molar-refractivity contribution in [2.24, 2.45) is 0 Å². The molecular weight excluding hydrogens is 398 g/mol. The standard InChI is InChI=1S/C16H20ClN3O4S2/c1-10-8-13(17)4-5-15(10)19-26(23,24)16-11(2)18-20(12(16)3)14-6-7-25(21,22)9-14/h4-5,8,14,19H,6-7,9H2,1-3H3/t14-/m0/s1. The van der Waals surface area contributed by atoms with Crippen LogP contribution in [-0.2, 0) is 19.9 Å². The first kappa shape index (κ1) is 19.2. The zero-order chi connectivity index (χ0) is 19.3. The number of aryl methyl sites for hydroxylation is 2. The molecule has 1 atom stereocenters. The summed E-state index contributed by atoms with van der Waals surface area (Å²) in [7, 11) is -6.97. The number of sulfone groups is 1. The molecule has 2 aromatic rings. The van der Waals surface area contributed by atoms with E-state index in [0.29, 0.717) is 34.1 Å². The normalized spacial score (nSPS) is 19.6. The molecule has 0 bridgehead atoms. The molecule has 1 N–H and O–H groups in total. The van der Waals surface area contributed by atoms with Gasteiger partial charge < -0.3 is 0 Å². The summed E-state index contributed by atoms with van der Waals surface area (Å²) < 4.78 is 53.4. The second kappa shape index (κ2) is 6.54. The van der Waals surface area contributed by atoms with Crippen LogP contribution < -0.4 is 4.72 Å². The monoisotopic (exact) mass is 417 g/mol. The SMILES string of the molecule is Cc1cc(Cl)ccc1NS(=O)(=O)c1c(C)nn([C@H]2CCS(=O)(=O)C2)c1C. The average molecular weight is 418 g/mol. The fraction of sp³-hybridized carbons (Fsp3) is 0.438. The third-order valence-corrected chi connectivity index (χ3v) is 8.12. The Labute approximate surface area is 158 Å². The van der Waals surface area contributed by atoms with Crippen LogP contribution in [0.25, 0.3) is 0 Å². The summed E-state index contributed by atoms with van der Waals surface area (Å²) in [5.74, 6) is 0.0818. The minimum Gasteiger partial charge on any atom is -0.279 e. The molecule has 1 aliphatic rings. The van der Waals surface area contributed by atoms with E-state index in [4.69, 9.17) is 11.6 Å². The number of nitrogens with one attached hydrogen (secondary N) is 1. The fourth-order valence-corrected chi connectivity index (χ4v) is 6.75. The highest BCUT2D eigenvalue weighted by molar-refractivity contribution is 7.93. The molecule has 0 radical (unpaired) electrons. The lowest BCUT2D eigenvalue weighted by Gasteiger charge is -2.13. The van der Waals surface area contributed by atoms with Gasteiger partial charge in [0.25, 0.3) is 10.0 Å². The Balaban J connectivity index is 1.98. The van der Waals surface area contributed by atoms with Crippen molar-refractivity contribution < 1.29 is 16.8 Å². The number of anilines is 1. The molecule has 1 fully saturated rings. The molecule has 1 saturated heterocycles. The first-order valence-electron chi connectivity index (χ1n) is 8.05.